The molecule has 0 saturated heterocycles. The Morgan fingerprint density at radius 1 is 1.10 bits per heavy atom. The highest BCUT2D eigenvalue weighted by Gasteiger charge is 2.21. The Hall–Kier alpha value is -1.74. The average Bonchev–Trinajstić information content (AvgIpc) is 2.42. The van der Waals surface area contributed by atoms with Crippen molar-refractivity contribution in [1.29, 1.82) is 0 Å². The van der Waals surface area contributed by atoms with Gasteiger partial charge in [0.15, 0.2) is 0 Å². The smallest absolute Gasteiger partial charge is 0.317 e. The number of hydrogen-bond donors (Lipinski definition) is 1. The summed E-state index contributed by atoms with van der Waals surface area (Å²) in [5.74, 6) is -0.761. The second-order valence-corrected chi connectivity index (χ2v) is 6.62. The molecule has 110 valence electrons. The topological polar surface area (TPSA) is 37.3 Å². The first-order valence-corrected chi connectivity index (χ1v) is 7.86. The molecule has 21 heavy (non-hydrogen) atoms. The van der Waals surface area contributed by atoms with E-state index in [1.165, 1.54) is 28.5 Å². The second kappa shape index (κ2) is 6.81. The first-order valence-electron chi connectivity index (χ1n) is 6.98. The third-order valence-corrected chi connectivity index (χ3v) is 4.72. The van der Waals surface area contributed by atoms with Crippen molar-refractivity contribution < 1.29 is 9.90 Å². The van der Waals surface area contributed by atoms with E-state index >= 15 is 0 Å². The highest BCUT2D eigenvalue weighted by atomic mass is 32.2. The fraction of sp³-hybridized carbons (Fsp3) is 0.278. The molecule has 0 radical (unpaired) electrons. The minimum absolute atomic E-state index is 0.465. The van der Waals surface area contributed by atoms with Crippen molar-refractivity contribution in [3.05, 3.63) is 64.7 Å². The van der Waals surface area contributed by atoms with Crippen molar-refractivity contribution in [2.45, 2.75) is 37.3 Å². The van der Waals surface area contributed by atoms with Crippen molar-refractivity contribution in [2.75, 3.05) is 0 Å². The predicted octanol–water partition coefficient (Wildman–Crippen LogP) is 4.40. The summed E-state index contributed by atoms with van der Waals surface area (Å²) in [4.78, 5) is 12.6. The number of benzene rings is 2. The van der Waals surface area contributed by atoms with Crippen LogP contribution in [0.4, 0.5) is 0 Å². The van der Waals surface area contributed by atoms with E-state index in [-0.39, 0.29) is 0 Å². The third-order valence-electron chi connectivity index (χ3n) is 3.53. The van der Waals surface area contributed by atoms with Gasteiger partial charge in [-0.2, -0.15) is 0 Å². The molecule has 0 heterocycles. The highest BCUT2D eigenvalue weighted by molar-refractivity contribution is 8.00. The molecule has 2 rings (SSSR count). The lowest BCUT2D eigenvalue weighted by atomic mass is 9.96. The molecule has 0 aliphatic carbocycles. The fourth-order valence-electron chi connectivity index (χ4n) is 2.56. The minimum Gasteiger partial charge on any atom is -0.480 e. The van der Waals surface area contributed by atoms with Gasteiger partial charge in [0.2, 0.25) is 0 Å². The van der Waals surface area contributed by atoms with E-state index < -0.39 is 11.2 Å². The molecule has 0 saturated carbocycles. The third kappa shape index (κ3) is 4.11. The molecule has 0 spiro atoms. The van der Waals surface area contributed by atoms with E-state index in [4.69, 9.17) is 0 Å². The number of aryl methyl sites for hydroxylation is 3. The maximum absolute atomic E-state index is 11.6. The summed E-state index contributed by atoms with van der Waals surface area (Å²) in [7, 11) is 0. The van der Waals surface area contributed by atoms with Crippen molar-refractivity contribution in [1.82, 2.24) is 0 Å². The van der Waals surface area contributed by atoms with Gasteiger partial charge in [-0.25, -0.2) is 0 Å². The minimum atomic E-state index is -0.761. The maximum atomic E-state index is 11.6. The molecule has 0 unspecified atom stereocenters. The summed E-state index contributed by atoms with van der Waals surface area (Å²) >= 11 is 1.41. The largest absolute Gasteiger partial charge is 0.480 e. The van der Waals surface area contributed by atoms with Gasteiger partial charge in [-0.15, -0.1) is 11.8 Å². The lowest BCUT2D eigenvalue weighted by Gasteiger charge is -2.16. The van der Waals surface area contributed by atoms with Gasteiger partial charge in [-0.05, 0) is 56.0 Å². The Kier molecular flexibility index (Phi) is 5.07. The quantitative estimate of drug-likeness (QED) is 0.832. The van der Waals surface area contributed by atoms with Crippen LogP contribution in [0.5, 0.6) is 0 Å². The van der Waals surface area contributed by atoms with Gasteiger partial charge >= 0.3 is 5.97 Å². The van der Waals surface area contributed by atoms with Gasteiger partial charge < -0.3 is 5.11 Å². The molecule has 0 aliphatic rings. The van der Waals surface area contributed by atoms with E-state index in [0.29, 0.717) is 6.42 Å². The molecular weight excluding hydrogens is 280 g/mol. The predicted molar refractivity (Wildman–Crippen MR) is 88.1 cm³/mol. The SMILES string of the molecule is Cc1cc(C)c(C[C@@H](Sc2ccccc2)C(=O)O)c(C)c1. The van der Waals surface area contributed by atoms with Crippen LogP contribution in [0, 0.1) is 20.8 Å². The molecule has 0 amide bonds. The number of thioether (sulfide) groups is 1. The Morgan fingerprint density at radius 3 is 2.19 bits per heavy atom. The number of carbonyl (C=O) groups is 1. The van der Waals surface area contributed by atoms with E-state index in [9.17, 15) is 9.90 Å². The van der Waals surface area contributed by atoms with Crippen LogP contribution >= 0.6 is 11.8 Å². The zero-order valence-electron chi connectivity index (χ0n) is 12.6. The molecule has 2 nitrogen and oxygen atoms in total. The second-order valence-electron chi connectivity index (χ2n) is 5.34. The molecule has 2 aromatic carbocycles. The van der Waals surface area contributed by atoms with Crippen LogP contribution in [-0.4, -0.2) is 16.3 Å². The fourth-order valence-corrected chi connectivity index (χ4v) is 3.55. The molecule has 1 atom stereocenters. The molecule has 0 aliphatic heterocycles. The zero-order chi connectivity index (χ0) is 15.4. The number of carboxylic acids is 1. The van der Waals surface area contributed by atoms with Crippen molar-refractivity contribution in [2.24, 2.45) is 0 Å². The van der Waals surface area contributed by atoms with Gasteiger partial charge in [0.1, 0.15) is 5.25 Å². The summed E-state index contributed by atoms with van der Waals surface area (Å²) < 4.78 is 0. The summed E-state index contributed by atoms with van der Waals surface area (Å²) in [6, 6.07) is 14.0. The summed E-state index contributed by atoms with van der Waals surface area (Å²) in [6.07, 6.45) is 0.548. The van der Waals surface area contributed by atoms with Crippen molar-refractivity contribution in [3.8, 4) is 0 Å². The summed E-state index contributed by atoms with van der Waals surface area (Å²) in [5.41, 5.74) is 4.72. The number of rotatable bonds is 5. The Bertz CT molecular complexity index is 612. The van der Waals surface area contributed by atoms with Crippen molar-refractivity contribution in [3.63, 3.8) is 0 Å². The number of carboxylic acid groups (broad SMARTS) is 1. The maximum Gasteiger partial charge on any atom is 0.317 e. The zero-order valence-corrected chi connectivity index (χ0v) is 13.4. The molecule has 3 heteroatoms. The van der Waals surface area contributed by atoms with Crippen LogP contribution in [0.3, 0.4) is 0 Å². The Morgan fingerprint density at radius 2 is 1.67 bits per heavy atom. The van der Waals surface area contributed by atoms with Gasteiger partial charge in [-0.3, -0.25) is 4.79 Å². The van der Waals surface area contributed by atoms with Gasteiger partial charge in [0.25, 0.3) is 0 Å². The van der Waals surface area contributed by atoms with Crippen LogP contribution in [-0.2, 0) is 11.2 Å². The standard InChI is InChI=1S/C18H20O2S/c1-12-9-13(2)16(14(3)10-12)11-17(18(19)20)21-15-7-5-4-6-8-15/h4-10,17H,11H2,1-3H3,(H,19,20)/t17-/m1/s1. The lowest BCUT2D eigenvalue weighted by molar-refractivity contribution is -0.136. The highest BCUT2D eigenvalue weighted by Crippen LogP contribution is 2.28. The van der Waals surface area contributed by atoms with E-state index in [2.05, 4.69) is 32.9 Å². The molecule has 0 fully saturated rings. The number of aliphatic carboxylic acids is 1. The molecular formula is C18H20O2S. The van der Waals surface area contributed by atoms with E-state index in [1.54, 1.807) is 0 Å². The first kappa shape index (κ1) is 15.6. The molecule has 0 aromatic heterocycles. The molecule has 1 N–H and O–H groups in total. The molecule has 0 bridgehead atoms. The van der Waals surface area contributed by atoms with Crippen LogP contribution in [0.2, 0.25) is 0 Å². The Labute approximate surface area is 130 Å². The first-order chi connectivity index (χ1) is 9.97. The van der Waals surface area contributed by atoms with Crippen molar-refractivity contribution >= 4 is 17.7 Å². The monoisotopic (exact) mass is 300 g/mol. The Balaban J connectivity index is 2.23. The van der Waals surface area contributed by atoms with Gasteiger partial charge in [0, 0.05) is 4.90 Å². The van der Waals surface area contributed by atoms with Gasteiger partial charge in [0.05, 0.1) is 0 Å². The summed E-state index contributed by atoms with van der Waals surface area (Å²) in [6.45, 7) is 6.18. The normalized spacial score (nSPS) is 12.1. The van der Waals surface area contributed by atoms with Crippen LogP contribution in [0.15, 0.2) is 47.4 Å². The van der Waals surface area contributed by atoms with E-state index in [0.717, 1.165) is 10.5 Å². The van der Waals surface area contributed by atoms with Gasteiger partial charge in [-0.1, -0.05) is 35.9 Å². The number of hydrogen-bond acceptors (Lipinski definition) is 2. The summed E-state index contributed by atoms with van der Waals surface area (Å²) in [5, 5.41) is 9.05. The van der Waals surface area contributed by atoms with Crippen LogP contribution in [0.25, 0.3) is 0 Å². The molecule has 2 aromatic rings. The van der Waals surface area contributed by atoms with E-state index in [1.807, 2.05) is 30.3 Å². The lowest BCUT2D eigenvalue weighted by Crippen LogP contribution is -2.20. The average molecular weight is 300 g/mol. The van der Waals surface area contributed by atoms with Crippen LogP contribution < -0.4 is 0 Å². The van der Waals surface area contributed by atoms with Crippen LogP contribution in [0.1, 0.15) is 22.3 Å².